The van der Waals surface area contributed by atoms with Gasteiger partial charge in [-0.25, -0.2) is 0 Å². The van der Waals surface area contributed by atoms with Crippen LogP contribution in [-0.2, 0) is 26.9 Å². The highest BCUT2D eigenvalue weighted by Crippen LogP contribution is 2.36. The van der Waals surface area contributed by atoms with Gasteiger partial charge in [0.1, 0.15) is 5.78 Å². The van der Waals surface area contributed by atoms with Gasteiger partial charge in [-0.1, -0.05) is 18.2 Å². The summed E-state index contributed by atoms with van der Waals surface area (Å²) in [6, 6.07) is 6.26. The highest BCUT2D eigenvalue weighted by Gasteiger charge is 2.51. The first-order valence-corrected chi connectivity index (χ1v) is 7.27. The van der Waals surface area contributed by atoms with E-state index >= 15 is 0 Å². The van der Waals surface area contributed by atoms with Crippen LogP contribution in [0.15, 0.2) is 18.2 Å². The molecule has 2 aliphatic rings. The molecule has 0 atom stereocenters. The van der Waals surface area contributed by atoms with E-state index in [2.05, 4.69) is 45.9 Å². The number of rotatable bonds is 1. The first kappa shape index (κ1) is 13.8. The van der Waals surface area contributed by atoms with Crippen molar-refractivity contribution in [1.29, 1.82) is 0 Å². The average Bonchev–Trinajstić information content (AvgIpc) is 2.57. The molecule has 0 radical (unpaired) electrons. The summed E-state index contributed by atoms with van der Waals surface area (Å²) in [5.41, 5.74) is 2.77. The van der Waals surface area contributed by atoms with E-state index in [-0.39, 0.29) is 18.3 Å². The van der Waals surface area contributed by atoms with E-state index in [0.29, 0.717) is 18.6 Å². The minimum atomic E-state index is -0.345. The molecule has 20 heavy (non-hydrogen) atoms. The molecule has 0 aromatic heterocycles. The first-order chi connectivity index (χ1) is 9.28. The zero-order valence-electron chi connectivity index (χ0n) is 12.7. The molecule has 1 fully saturated rings. The highest BCUT2D eigenvalue weighted by atomic mass is 16.7. The molecule has 1 aromatic rings. The van der Waals surface area contributed by atoms with Crippen LogP contribution < -0.4 is 5.46 Å². The topological polar surface area (TPSA) is 35.5 Å². The Bertz CT molecular complexity index is 547. The summed E-state index contributed by atoms with van der Waals surface area (Å²) >= 11 is 0. The van der Waals surface area contributed by atoms with Gasteiger partial charge in [-0.2, -0.15) is 0 Å². The van der Waals surface area contributed by atoms with Gasteiger partial charge < -0.3 is 9.31 Å². The molecule has 1 saturated heterocycles. The number of hydrogen-bond acceptors (Lipinski definition) is 3. The third-order valence-corrected chi connectivity index (χ3v) is 4.82. The van der Waals surface area contributed by atoms with Crippen LogP contribution in [0.2, 0.25) is 0 Å². The largest absolute Gasteiger partial charge is 0.494 e. The molecule has 0 spiro atoms. The smallest absolute Gasteiger partial charge is 0.399 e. The van der Waals surface area contributed by atoms with Gasteiger partial charge in [0.15, 0.2) is 0 Å². The van der Waals surface area contributed by atoms with Crippen LogP contribution in [0.5, 0.6) is 0 Å². The van der Waals surface area contributed by atoms with Crippen molar-refractivity contribution in [3.05, 3.63) is 29.3 Å². The Morgan fingerprint density at radius 1 is 1.00 bits per heavy atom. The lowest BCUT2D eigenvalue weighted by atomic mass is 9.76. The molecule has 0 unspecified atom stereocenters. The summed E-state index contributed by atoms with van der Waals surface area (Å²) in [4.78, 5) is 11.6. The number of fused-ring (bicyclic) bond motifs is 1. The minimum Gasteiger partial charge on any atom is -0.399 e. The predicted molar refractivity (Wildman–Crippen MR) is 79.2 cm³/mol. The van der Waals surface area contributed by atoms with E-state index in [9.17, 15) is 4.79 Å². The van der Waals surface area contributed by atoms with Crippen molar-refractivity contribution in [2.45, 2.75) is 58.2 Å². The second kappa shape index (κ2) is 4.44. The van der Waals surface area contributed by atoms with Crippen molar-refractivity contribution < 1.29 is 14.1 Å². The molecule has 4 heteroatoms. The molecule has 1 aromatic carbocycles. The second-order valence-corrected chi connectivity index (χ2v) is 6.83. The van der Waals surface area contributed by atoms with Crippen molar-refractivity contribution in [3.63, 3.8) is 0 Å². The molecule has 1 heterocycles. The van der Waals surface area contributed by atoms with Crippen LogP contribution in [0.3, 0.4) is 0 Å². The Balaban J connectivity index is 1.89. The van der Waals surface area contributed by atoms with Crippen molar-refractivity contribution in [2.24, 2.45) is 0 Å². The fraction of sp³-hybridized carbons (Fsp3) is 0.562. The van der Waals surface area contributed by atoms with Gasteiger partial charge in [-0.05, 0) is 50.7 Å². The predicted octanol–water partition coefficient (Wildman–Crippen LogP) is 2.04. The maximum Gasteiger partial charge on any atom is 0.494 e. The number of aryl methyl sites for hydroxylation is 1. The molecule has 0 amide bonds. The van der Waals surface area contributed by atoms with Crippen molar-refractivity contribution in [3.8, 4) is 0 Å². The van der Waals surface area contributed by atoms with Crippen LogP contribution in [0.25, 0.3) is 0 Å². The van der Waals surface area contributed by atoms with Crippen LogP contribution in [0, 0.1) is 0 Å². The fourth-order valence-corrected chi connectivity index (χ4v) is 2.75. The number of Topliss-reactive ketones (excluding diaryl/α,β-unsaturated/α-hetero) is 1. The summed E-state index contributed by atoms with van der Waals surface area (Å²) in [7, 11) is -0.345. The number of hydrogen-bond donors (Lipinski definition) is 0. The summed E-state index contributed by atoms with van der Waals surface area (Å²) in [5.74, 6) is 0.323. The summed E-state index contributed by atoms with van der Waals surface area (Å²) in [5, 5.41) is 0. The third-order valence-electron chi connectivity index (χ3n) is 4.82. The average molecular weight is 272 g/mol. The van der Waals surface area contributed by atoms with Gasteiger partial charge in [-0.15, -0.1) is 0 Å². The van der Waals surface area contributed by atoms with Crippen molar-refractivity contribution in [1.82, 2.24) is 0 Å². The van der Waals surface area contributed by atoms with Gasteiger partial charge in [0.05, 0.1) is 11.2 Å². The van der Waals surface area contributed by atoms with Gasteiger partial charge in [0, 0.05) is 12.8 Å². The quantitative estimate of drug-likeness (QED) is 0.734. The van der Waals surface area contributed by atoms with Crippen LogP contribution in [0.1, 0.15) is 45.2 Å². The molecule has 0 saturated carbocycles. The van der Waals surface area contributed by atoms with Crippen LogP contribution >= 0.6 is 0 Å². The molecular weight excluding hydrogens is 251 g/mol. The molecule has 1 aliphatic heterocycles. The van der Waals surface area contributed by atoms with Crippen molar-refractivity contribution in [2.75, 3.05) is 0 Å². The van der Waals surface area contributed by atoms with Crippen LogP contribution in [0.4, 0.5) is 0 Å². The van der Waals surface area contributed by atoms with E-state index in [1.165, 1.54) is 5.56 Å². The summed E-state index contributed by atoms with van der Waals surface area (Å²) in [6.45, 7) is 8.20. The Morgan fingerprint density at radius 3 is 2.30 bits per heavy atom. The fourth-order valence-electron chi connectivity index (χ4n) is 2.75. The summed E-state index contributed by atoms with van der Waals surface area (Å²) < 4.78 is 12.1. The van der Waals surface area contributed by atoms with E-state index in [1.807, 2.05) is 0 Å². The SMILES string of the molecule is CC1(C)OB(c2ccc3c(c2)CC(=O)CC3)OC1(C)C. The Labute approximate surface area is 120 Å². The molecule has 1 aliphatic carbocycles. The monoisotopic (exact) mass is 272 g/mol. The molecule has 106 valence electrons. The number of carbonyl (C=O) groups is 1. The highest BCUT2D eigenvalue weighted by molar-refractivity contribution is 6.62. The lowest BCUT2D eigenvalue weighted by molar-refractivity contribution is -0.118. The first-order valence-electron chi connectivity index (χ1n) is 7.27. The Hall–Kier alpha value is -1.13. The maximum atomic E-state index is 11.6. The standard InChI is InChI=1S/C16H21BO3/c1-15(2)16(3,4)20-17(19-15)13-7-5-11-6-8-14(18)10-12(11)9-13/h5,7,9H,6,8,10H2,1-4H3. The second-order valence-electron chi connectivity index (χ2n) is 6.83. The molecule has 3 rings (SSSR count). The van der Waals surface area contributed by atoms with Gasteiger partial charge in [-0.3, -0.25) is 4.79 Å². The Morgan fingerprint density at radius 2 is 1.65 bits per heavy atom. The maximum absolute atomic E-state index is 11.6. The lowest BCUT2D eigenvalue weighted by Gasteiger charge is -2.32. The lowest BCUT2D eigenvalue weighted by Crippen LogP contribution is -2.41. The number of carbonyl (C=O) groups excluding carboxylic acids is 1. The minimum absolute atomic E-state index is 0.323. The number of ketones is 1. The van der Waals surface area contributed by atoms with Gasteiger partial charge >= 0.3 is 7.12 Å². The normalized spacial score (nSPS) is 23.8. The van der Waals surface area contributed by atoms with Crippen LogP contribution in [-0.4, -0.2) is 24.1 Å². The zero-order valence-corrected chi connectivity index (χ0v) is 12.7. The van der Waals surface area contributed by atoms with Gasteiger partial charge in [0.25, 0.3) is 0 Å². The summed E-state index contributed by atoms with van der Waals surface area (Å²) in [6.07, 6.45) is 2.07. The van der Waals surface area contributed by atoms with E-state index in [0.717, 1.165) is 17.4 Å². The van der Waals surface area contributed by atoms with Gasteiger partial charge in [0.2, 0.25) is 0 Å². The van der Waals surface area contributed by atoms with E-state index in [4.69, 9.17) is 9.31 Å². The molecular formula is C16H21BO3. The zero-order chi connectivity index (χ0) is 14.5. The molecule has 0 N–H and O–H groups in total. The number of benzene rings is 1. The van der Waals surface area contributed by atoms with E-state index in [1.54, 1.807) is 0 Å². The van der Waals surface area contributed by atoms with E-state index < -0.39 is 0 Å². The van der Waals surface area contributed by atoms with Crippen molar-refractivity contribution >= 4 is 18.4 Å². The Kier molecular flexibility index (Phi) is 3.07. The third kappa shape index (κ3) is 2.21. The molecule has 3 nitrogen and oxygen atoms in total. The molecule has 0 bridgehead atoms.